The van der Waals surface area contributed by atoms with Crippen molar-refractivity contribution in [1.82, 2.24) is 20.9 Å². The number of carbonyl (C=O) groups is 6. The molecule has 0 radical (unpaired) electrons. The van der Waals surface area contributed by atoms with Crippen molar-refractivity contribution >= 4 is 47.3 Å². The number of carbonyl (C=O) groups excluding carboxylic acids is 5. The van der Waals surface area contributed by atoms with Crippen LogP contribution in [-0.2, 0) is 66.7 Å². The van der Waals surface area contributed by atoms with E-state index in [9.17, 15) is 95.2 Å². The zero-order chi connectivity index (χ0) is 59.9. The van der Waals surface area contributed by atoms with E-state index in [1.807, 2.05) is 0 Å². The Morgan fingerprint density at radius 2 is 1.43 bits per heavy atom. The number of nitrogens with one attached hydrogen (secondary N) is 3. The zero-order valence-corrected chi connectivity index (χ0v) is 46.1. The maximum absolute atomic E-state index is 12.8. The molecule has 5 aliphatic heterocycles. The van der Waals surface area contributed by atoms with Crippen molar-refractivity contribution in [3.05, 3.63) is 0 Å². The van der Waals surface area contributed by atoms with E-state index in [-0.39, 0.29) is 49.6 Å². The van der Waals surface area contributed by atoms with Gasteiger partial charge in [0.1, 0.15) is 85.4 Å². The minimum absolute atomic E-state index is 0.0114. The number of ether oxygens (including phenoxy) is 8. The Bertz CT molecular complexity index is 2040. The smallest absolute Gasteiger partial charge is 0.364 e. The summed E-state index contributed by atoms with van der Waals surface area (Å²) in [6, 6.07) is -1.71. The predicted octanol–water partition coefficient (Wildman–Crippen LogP) is -7.26. The molecule has 0 spiro atoms. The standard InChI is InChI=1S/C49H82N4O27S/c1-22-24(58)17-49(48(71)72,80-41(22)34(63)25(59)18-54)74-21-28-35(64)37(66)33(52-23(2)57)45(77-28)79-43-36(65)26(19-55)75-47(40(43)69)78-42-27(20-56)76-46(39(68)38(42)67)73-14-9-5-7-12-51-31(61)11-15-81-29-16-32(62)53(44(29)70)13-8-4-6-10-30(60)50-3/h22,24-29,33-43,45-47,54-56,58-59,63-69H,4-21H2,1-3H3,(H,50,60)(H,51,61)(H,52,57)(H,71,72)/t22-,24-,25-,26?,27?,28?,29?,33?,34-,35-,36+,37-,38-,39?,40?,41?,42-,43+,45+,46-,47+,49-/m1/s1. The molecular weight excluding hydrogens is 1110 g/mol. The summed E-state index contributed by atoms with van der Waals surface area (Å²) in [5.74, 6) is -6.98. The molecule has 31 nitrogen and oxygen atoms in total. The lowest BCUT2D eigenvalue weighted by molar-refractivity contribution is -0.377. The first-order valence-electron chi connectivity index (χ1n) is 27.0. The number of hydrogen-bond acceptors (Lipinski definition) is 27. The quantitative estimate of drug-likeness (QED) is 0.0226. The molecule has 5 aliphatic rings. The highest BCUT2D eigenvalue weighted by atomic mass is 32.2. The summed E-state index contributed by atoms with van der Waals surface area (Å²) in [6.45, 7) is -0.785. The molecule has 5 amide bonds. The highest BCUT2D eigenvalue weighted by Crippen LogP contribution is 2.38. The van der Waals surface area contributed by atoms with Crippen LogP contribution < -0.4 is 16.0 Å². The molecule has 81 heavy (non-hydrogen) atoms. The lowest BCUT2D eigenvalue weighted by Crippen LogP contribution is -2.69. The highest BCUT2D eigenvalue weighted by molar-refractivity contribution is 8.00. The first-order valence-corrected chi connectivity index (χ1v) is 28.1. The largest absolute Gasteiger partial charge is 0.477 e. The van der Waals surface area contributed by atoms with Gasteiger partial charge >= 0.3 is 5.97 Å². The van der Waals surface area contributed by atoms with Crippen molar-refractivity contribution in [1.29, 1.82) is 0 Å². The number of carboxylic acid groups (broad SMARTS) is 1. The van der Waals surface area contributed by atoms with Crippen molar-refractivity contribution in [2.24, 2.45) is 5.92 Å². The number of aliphatic carboxylic acids is 1. The minimum Gasteiger partial charge on any atom is -0.477 e. The van der Waals surface area contributed by atoms with Crippen LogP contribution in [0.2, 0.25) is 0 Å². The van der Waals surface area contributed by atoms with Gasteiger partial charge in [0.2, 0.25) is 29.5 Å². The topological polar surface area (TPSA) is 479 Å². The van der Waals surface area contributed by atoms with Gasteiger partial charge in [-0.1, -0.05) is 13.3 Å². The average molecular weight is 1190 g/mol. The monoisotopic (exact) mass is 1190 g/mol. The van der Waals surface area contributed by atoms with Gasteiger partial charge < -0.3 is 120 Å². The number of amides is 5. The van der Waals surface area contributed by atoms with Gasteiger partial charge in [-0.3, -0.25) is 28.9 Å². The van der Waals surface area contributed by atoms with Gasteiger partial charge in [-0.15, -0.1) is 11.8 Å². The Kier molecular flexibility index (Phi) is 27.2. The molecule has 0 bridgehead atoms. The number of rotatable bonds is 31. The third kappa shape index (κ3) is 17.8. The molecule has 0 aromatic rings. The van der Waals surface area contributed by atoms with Crippen LogP contribution in [0, 0.1) is 5.92 Å². The van der Waals surface area contributed by atoms with E-state index in [0.717, 1.165) is 6.92 Å². The fourth-order valence-electron chi connectivity index (χ4n) is 9.93. The molecule has 0 saturated carbocycles. The molecule has 466 valence electrons. The molecular formula is C49H82N4O27S. The Morgan fingerprint density at radius 1 is 0.765 bits per heavy atom. The van der Waals surface area contributed by atoms with Crippen LogP contribution in [0.1, 0.15) is 78.1 Å². The third-order valence-corrected chi connectivity index (χ3v) is 16.0. The summed E-state index contributed by atoms with van der Waals surface area (Å²) in [5.41, 5.74) is 0. The number of imide groups is 1. The lowest BCUT2D eigenvalue weighted by atomic mass is 9.84. The second-order valence-electron chi connectivity index (χ2n) is 20.7. The lowest BCUT2D eigenvalue weighted by Gasteiger charge is -2.49. The number of nitrogens with zero attached hydrogens (tertiary/aromatic N) is 1. The Hall–Kier alpha value is -3.43. The van der Waals surface area contributed by atoms with Crippen LogP contribution in [0.4, 0.5) is 0 Å². The second kappa shape index (κ2) is 32.2. The van der Waals surface area contributed by atoms with Gasteiger partial charge in [0.05, 0.1) is 43.9 Å². The summed E-state index contributed by atoms with van der Waals surface area (Å²) in [7, 11) is 1.56. The van der Waals surface area contributed by atoms with Gasteiger partial charge in [0, 0.05) is 71.0 Å². The minimum atomic E-state index is -2.79. The highest BCUT2D eigenvalue weighted by Gasteiger charge is 2.57. The summed E-state index contributed by atoms with van der Waals surface area (Å²) < 4.78 is 45.9. The van der Waals surface area contributed by atoms with Crippen molar-refractivity contribution < 1.29 is 133 Å². The number of thioether (sulfide) groups is 1. The van der Waals surface area contributed by atoms with Crippen LogP contribution in [0.15, 0.2) is 0 Å². The maximum Gasteiger partial charge on any atom is 0.364 e. The normalized spacial score (nSPS) is 37.2. The van der Waals surface area contributed by atoms with Gasteiger partial charge in [-0.25, -0.2) is 4.79 Å². The van der Waals surface area contributed by atoms with Crippen LogP contribution in [0.5, 0.6) is 0 Å². The number of likely N-dealkylation sites (tertiary alicyclic amines) is 1. The molecule has 5 saturated heterocycles. The maximum atomic E-state index is 12.8. The number of hydrogen-bond donors (Lipinski definition) is 16. The van der Waals surface area contributed by atoms with E-state index >= 15 is 0 Å². The van der Waals surface area contributed by atoms with Gasteiger partial charge in [-0.2, -0.15) is 0 Å². The molecule has 8 unspecified atom stereocenters. The molecule has 32 heteroatoms. The predicted molar refractivity (Wildman–Crippen MR) is 271 cm³/mol. The van der Waals surface area contributed by atoms with E-state index in [1.54, 1.807) is 7.05 Å². The fourth-order valence-corrected chi connectivity index (χ4v) is 11.0. The molecule has 0 aromatic carbocycles. The fraction of sp³-hybridized carbons (Fsp3) is 0.878. The third-order valence-electron chi connectivity index (χ3n) is 14.8. The Labute approximate surface area is 470 Å². The van der Waals surface area contributed by atoms with Gasteiger partial charge in [0.15, 0.2) is 18.9 Å². The number of unbranched alkanes of at least 4 members (excludes halogenated alkanes) is 4. The molecule has 0 aromatic heterocycles. The van der Waals surface area contributed by atoms with E-state index in [1.165, 1.54) is 23.6 Å². The van der Waals surface area contributed by atoms with Crippen LogP contribution >= 0.6 is 11.8 Å². The second-order valence-corrected chi connectivity index (χ2v) is 22.0. The zero-order valence-electron chi connectivity index (χ0n) is 45.2. The first kappa shape index (κ1) is 68.4. The van der Waals surface area contributed by atoms with E-state index in [0.29, 0.717) is 57.2 Å². The molecule has 16 N–H and O–H groups in total. The van der Waals surface area contributed by atoms with Crippen molar-refractivity contribution in [2.75, 3.05) is 58.9 Å². The first-order chi connectivity index (χ1) is 38.4. The van der Waals surface area contributed by atoms with Crippen LogP contribution in [-0.4, -0.2) is 293 Å². The number of aliphatic hydroxyl groups excluding tert-OH is 12. The summed E-state index contributed by atoms with van der Waals surface area (Å²) in [6.07, 6.45) is -29.6. The molecule has 5 heterocycles. The SMILES string of the molecule is CNC(=O)CCCCCN1C(=O)CC(SCCC(=O)NCCCCCO[C@@H]2OC(CO)[C@@H](O[C@@H]3OC(CO)[C@H](O)[C@H](O[C@@H]4OC(CO[C@]5(C(=O)O)C[C@@H](O)[C@@H](C)C([C@H](O)[C@H](O)CO)O5)[C@@H](O)[C@H](O)C4NC(C)=O)C3O)[C@H](O)C2O)C1=O. The Balaban J connectivity index is 1.11. The van der Waals surface area contributed by atoms with Crippen molar-refractivity contribution in [3.8, 4) is 0 Å². The average Bonchev–Trinajstić information content (AvgIpc) is 3.75. The summed E-state index contributed by atoms with van der Waals surface area (Å²) in [5, 5.41) is 147. The van der Waals surface area contributed by atoms with Crippen LogP contribution in [0.25, 0.3) is 0 Å². The molecule has 5 rings (SSSR count). The summed E-state index contributed by atoms with van der Waals surface area (Å²) >= 11 is 1.25. The van der Waals surface area contributed by atoms with Gasteiger partial charge in [-0.05, 0) is 32.1 Å². The Morgan fingerprint density at radius 3 is 2.09 bits per heavy atom. The molecule has 5 fully saturated rings. The van der Waals surface area contributed by atoms with E-state index < -0.39 is 178 Å². The van der Waals surface area contributed by atoms with Crippen molar-refractivity contribution in [2.45, 2.75) is 206 Å². The van der Waals surface area contributed by atoms with Crippen LogP contribution in [0.3, 0.4) is 0 Å². The van der Waals surface area contributed by atoms with Gasteiger partial charge in [0.25, 0.3) is 5.79 Å². The molecule has 22 atom stereocenters. The number of aliphatic hydroxyl groups is 12. The summed E-state index contributed by atoms with van der Waals surface area (Å²) in [4.78, 5) is 75.4. The molecule has 0 aliphatic carbocycles. The van der Waals surface area contributed by atoms with Crippen molar-refractivity contribution in [3.63, 3.8) is 0 Å². The number of carboxylic acids is 1. The van der Waals surface area contributed by atoms with E-state index in [4.69, 9.17) is 37.9 Å². The van der Waals surface area contributed by atoms with E-state index in [2.05, 4.69) is 16.0 Å².